The summed E-state index contributed by atoms with van der Waals surface area (Å²) in [6.07, 6.45) is 1.74. The zero-order chi connectivity index (χ0) is 23.5. The van der Waals surface area contributed by atoms with Crippen LogP contribution in [0.15, 0.2) is 74.5 Å². The minimum Gasteiger partial charge on any atom is -0.487 e. The lowest BCUT2D eigenvalue weighted by molar-refractivity contribution is -0.123. The number of rotatable bonds is 6. The van der Waals surface area contributed by atoms with Gasteiger partial charge in [0.25, 0.3) is 11.1 Å². The molecule has 0 unspecified atom stereocenters. The predicted molar refractivity (Wildman–Crippen MR) is 140 cm³/mol. The van der Waals surface area contributed by atoms with Crippen molar-refractivity contribution in [3.8, 4) is 5.75 Å². The van der Waals surface area contributed by atoms with Crippen LogP contribution in [0.2, 0.25) is 0 Å². The molecule has 1 fully saturated rings. The van der Waals surface area contributed by atoms with Crippen molar-refractivity contribution in [1.82, 2.24) is 4.90 Å². The van der Waals surface area contributed by atoms with Crippen molar-refractivity contribution < 1.29 is 14.3 Å². The van der Waals surface area contributed by atoms with Gasteiger partial charge >= 0.3 is 0 Å². The molecule has 1 aliphatic rings. The molecule has 3 aromatic rings. The maximum absolute atomic E-state index is 12.9. The van der Waals surface area contributed by atoms with Crippen molar-refractivity contribution in [2.75, 3.05) is 0 Å². The first-order chi connectivity index (χ1) is 15.8. The molecule has 0 atom stereocenters. The molecule has 0 aliphatic carbocycles. The first-order valence-electron chi connectivity index (χ1n) is 10.3. The van der Waals surface area contributed by atoms with Gasteiger partial charge in [-0.15, -0.1) is 0 Å². The number of halogens is 2. The lowest BCUT2D eigenvalue weighted by Gasteiger charge is -2.13. The smallest absolute Gasteiger partial charge is 0.293 e. The first-order valence-corrected chi connectivity index (χ1v) is 12.7. The Kier molecular flexibility index (Phi) is 7.41. The fourth-order valence-corrected chi connectivity index (χ4v) is 5.83. The zero-order valence-corrected chi connectivity index (χ0v) is 22.1. The fourth-order valence-electron chi connectivity index (χ4n) is 3.54. The highest BCUT2D eigenvalue weighted by Crippen LogP contribution is 2.38. The Bertz CT molecular complexity index is 1250. The van der Waals surface area contributed by atoms with Gasteiger partial charge in [-0.1, -0.05) is 59.7 Å². The molecule has 33 heavy (non-hydrogen) atoms. The summed E-state index contributed by atoms with van der Waals surface area (Å²) in [7, 11) is 0. The summed E-state index contributed by atoms with van der Waals surface area (Å²) < 4.78 is 7.53. The Morgan fingerprint density at radius 3 is 2.15 bits per heavy atom. The first kappa shape index (κ1) is 23.8. The third-order valence-corrected chi connectivity index (χ3v) is 7.17. The van der Waals surface area contributed by atoms with Gasteiger partial charge < -0.3 is 4.74 Å². The number of nitrogens with zero attached hydrogens (tertiary/aromatic N) is 1. The molecule has 7 heteroatoms. The summed E-state index contributed by atoms with van der Waals surface area (Å²) in [6, 6.07) is 19.7. The van der Waals surface area contributed by atoms with Crippen molar-refractivity contribution in [3.05, 3.63) is 102 Å². The zero-order valence-electron chi connectivity index (χ0n) is 18.1. The van der Waals surface area contributed by atoms with Crippen LogP contribution in [-0.4, -0.2) is 16.0 Å². The molecule has 0 bridgehead atoms. The molecule has 4 nitrogen and oxygen atoms in total. The molecule has 1 aliphatic heterocycles. The van der Waals surface area contributed by atoms with E-state index in [0.29, 0.717) is 17.3 Å². The molecule has 168 valence electrons. The van der Waals surface area contributed by atoms with Gasteiger partial charge in [0, 0.05) is 0 Å². The van der Waals surface area contributed by atoms with Crippen LogP contribution in [0.5, 0.6) is 5.75 Å². The SMILES string of the molecule is Cc1cccc(COc2c(Br)cc(/C=C3\SC(=O)N(Cc4cccc(C)c4)C3=O)cc2Br)c1. The number of imide groups is 1. The summed E-state index contributed by atoms with van der Waals surface area (Å²) in [4.78, 5) is 27.1. The molecule has 1 saturated heterocycles. The number of amides is 2. The number of ether oxygens (including phenoxy) is 1. The van der Waals surface area contributed by atoms with E-state index >= 15 is 0 Å². The van der Waals surface area contributed by atoms with E-state index < -0.39 is 0 Å². The molecule has 2 amide bonds. The predicted octanol–water partition coefficient (Wildman–Crippen LogP) is 7.64. The number of hydrogen-bond donors (Lipinski definition) is 0. The van der Waals surface area contributed by atoms with E-state index in [4.69, 9.17) is 4.74 Å². The van der Waals surface area contributed by atoms with Crippen molar-refractivity contribution in [3.63, 3.8) is 0 Å². The van der Waals surface area contributed by atoms with E-state index in [1.807, 2.05) is 68.4 Å². The molecule has 0 spiro atoms. The van der Waals surface area contributed by atoms with Crippen molar-refractivity contribution >= 4 is 60.8 Å². The van der Waals surface area contributed by atoms with Crippen molar-refractivity contribution in [1.29, 1.82) is 0 Å². The van der Waals surface area contributed by atoms with Crippen LogP contribution in [0.25, 0.3) is 6.08 Å². The summed E-state index contributed by atoms with van der Waals surface area (Å²) >= 11 is 8.11. The van der Waals surface area contributed by atoms with Gasteiger partial charge in [0.05, 0.1) is 20.4 Å². The van der Waals surface area contributed by atoms with E-state index in [1.54, 1.807) is 6.08 Å². The second kappa shape index (κ2) is 10.3. The molecule has 0 radical (unpaired) electrons. The van der Waals surface area contributed by atoms with Gasteiger partial charge in [-0.2, -0.15) is 0 Å². The Balaban J connectivity index is 1.50. The number of hydrogen-bond acceptors (Lipinski definition) is 4. The third-order valence-electron chi connectivity index (χ3n) is 5.08. The van der Waals surface area contributed by atoms with E-state index in [9.17, 15) is 9.59 Å². The van der Waals surface area contributed by atoms with Gasteiger partial charge in [-0.3, -0.25) is 14.5 Å². The molecule has 4 rings (SSSR count). The monoisotopic (exact) mass is 585 g/mol. The number of carbonyl (C=O) groups excluding carboxylic acids is 2. The highest BCUT2D eigenvalue weighted by Gasteiger charge is 2.35. The molecular weight excluding hydrogens is 566 g/mol. The topological polar surface area (TPSA) is 46.6 Å². The van der Waals surface area contributed by atoms with Crippen LogP contribution in [0, 0.1) is 13.8 Å². The van der Waals surface area contributed by atoms with Crippen molar-refractivity contribution in [2.45, 2.75) is 27.0 Å². The maximum Gasteiger partial charge on any atom is 0.293 e. The number of benzene rings is 3. The molecule has 3 aromatic carbocycles. The van der Waals surface area contributed by atoms with Crippen molar-refractivity contribution in [2.24, 2.45) is 0 Å². The van der Waals surface area contributed by atoms with Gasteiger partial charge in [-0.25, -0.2) is 0 Å². The van der Waals surface area contributed by atoms with Crippen LogP contribution in [0.1, 0.15) is 27.8 Å². The van der Waals surface area contributed by atoms with Crippen LogP contribution >= 0.6 is 43.6 Å². The molecule has 0 aromatic heterocycles. The highest BCUT2D eigenvalue weighted by molar-refractivity contribution is 9.11. The Labute approximate surface area is 214 Å². The second-order valence-corrected chi connectivity index (χ2v) is 10.6. The van der Waals surface area contributed by atoms with Crippen LogP contribution in [0.3, 0.4) is 0 Å². The molecule has 0 saturated carbocycles. The second-order valence-electron chi connectivity index (χ2n) is 7.85. The van der Waals surface area contributed by atoms with E-state index in [2.05, 4.69) is 37.9 Å². The maximum atomic E-state index is 12.9. The number of thioether (sulfide) groups is 1. The van der Waals surface area contributed by atoms with Crippen LogP contribution in [-0.2, 0) is 17.9 Å². The molecular formula is C26H21Br2NO3S. The van der Waals surface area contributed by atoms with Crippen LogP contribution < -0.4 is 4.74 Å². The fraction of sp³-hybridized carbons (Fsp3) is 0.154. The van der Waals surface area contributed by atoms with Gasteiger partial charge in [-0.05, 0) is 92.4 Å². The summed E-state index contributed by atoms with van der Waals surface area (Å²) in [6.45, 7) is 4.74. The average molecular weight is 587 g/mol. The Hall–Kier alpha value is -2.35. The van der Waals surface area contributed by atoms with E-state index in [-0.39, 0.29) is 17.7 Å². The Morgan fingerprint density at radius 2 is 1.52 bits per heavy atom. The highest BCUT2D eigenvalue weighted by atomic mass is 79.9. The van der Waals surface area contributed by atoms with E-state index in [1.165, 1.54) is 10.5 Å². The lowest BCUT2D eigenvalue weighted by atomic mass is 10.1. The van der Waals surface area contributed by atoms with E-state index in [0.717, 1.165) is 43.0 Å². The molecule has 1 heterocycles. The van der Waals surface area contributed by atoms with Gasteiger partial charge in [0.15, 0.2) is 0 Å². The molecule has 0 N–H and O–H groups in total. The summed E-state index contributed by atoms with van der Waals surface area (Å²) in [5, 5.41) is -0.260. The van der Waals surface area contributed by atoms with Crippen LogP contribution in [0.4, 0.5) is 4.79 Å². The van der Waals surface area contributed by atoms with Gasteiger partial charge in [0.2, 0.25) is 0 Å². The quantitative estimate of drug-likeness (QED) is 0.278. The summed E-state index contributed by atoms with van der Waals surface area (Å²) in [5.41, 5.74) is 5.08. The average Bonchev–Trinajstić information content (AvgIpc) is 3.00. The number of aryl methyl sites for hydroxylation is 2. The minimum absolute atomic E-state index is 0.260. The van der Waals surface area contributed by atoms with Gasteiger partial charge in [0.1, 0.15) is 12.4 Å². The standard InChI is InChI=1S/C26H21Br2NO3S/c1-16-5-3-7-18(9-16)14-29-25(30)23(33-26(29)31)13-20-11-21(27)24(22(28)12-20)32-15-19-8-4-6-17(2)10-19/h3-13H,14-15H2,1-2H3/b23-13-. The normalized spacial score (nSPS) is 14.9. The summed E-state index contributed by atoms with van der Waals surface area (Å²) in [5.74, 6) is 0.403. The Morgan fingerprint density at radius 1 is 0.909 bits per heavy atom. The minimum atomic E-state index is -0.279. The lowest BCUT2D eigenvalue weighted by Crippen LogP contribution is -2.27. The largest absolute Gasteiger partial charge is 0.487 e. The third kappa shape index (κ3) is 5.78. The number of carbonyl (C=O) groups is 2.